The standard InChI is InChI=1S/C14H16N2O2.C2H6/c1-9(17)14(16-10(2)18)7-11-8-15-13-6-4-3-5-12(11)13;1-2/h3-6,8,14-15H,7H2,1-2H3,(H,16,18);1-2H3. The van der Waals surface area contributed by atoms with Gasteiger partial charge in [-0.3, -0.25) is 9.59 Å². The number of fused-ring (bicyclic) bond motifs is 1. The molecular formula is C16H22N2O2. The Labute approximate surface area is 119 Å². The van der Waals surface area contributed by atoms with Gasteiger partial charge in [-0.05, 0) is 18.6 Å². The minimum absolute atomic E-state index is 0.0320. The third kappa shape index (κ3) is 3.95. The van der Waals surface area contributed by atoms with E-state index >= 15 is 0 Å². The van der Waals surface area contributed by atoms with Crippen LogP contribution >= 0.6 is 0 Å². The molecule has 20 heavy (non-hydrogen) atoms. The molecule has 2 aromatic rings. The summed E-state index contributed by atoms with van der Waals surface area (Å²) < 4.78 is 0. The molecule has 0 aliphatic carbocycles. The lowest BCUT2D eigenvalue weighted by Crippen LogP contribution is -2.40. The van der Waals surface area contributed by atoms with E-state index in [4.69, 9.17) is 0 Å². The molecule has 2 rings (SSSR count). The highest BCUT2D eigenvalue weighted by molar-refractivity contribution is 5.88. The number of Topliss-reactive ketones (excluding diaryl/α,β-unsaturated/α-hetero) is 1. The van der Waals surface area contributed by atoms with Crippen LogP contribution in [0.3, 0.4) is 0 Å². The first-order valence-electron chi connectivity index (χ1n) is 6.90. The zero-order valence-electron chi connectivity index (χ0n) is 12.5. The number of carbonyl (C=O) groups is 2. The Balaban J connectivity index is 0.000000956. The summed E-state index contributed by atoms with van der Waals surface area (Å²) in [6.45, 7) is 6.92. The molecule has 4 nitrogen and oxygen atoms in total. The largest absolute Gasteiger partial charge is 0.361 e. The molecule has 1 atom stereocenters. The molecule has 4 heteroatoms. The van der Waals surface area contributed by atoms with Gasteiger partial charge in [0.15, 0.2) is 5.78 Å². The van der Waals surface area contributed by atoms with Gasteiger partial charge in [0, 0.05) is 30.4 Å². The maximum absolute atomic E-state index is 11.5. The van der Waals surface area contributed by atoms with E-state index in [1.165, 1.54) is 13.8 Å². The number of amides is 1. The summed E-state index contributed by atoms with van der Waals surface area (Å²) in [6.07, 6.45) is 2.40. The summed E-state index contributed by atoms with van der Waals surface area (Å²) in [5.41, 5.74) is 2.08. The number of ketones is 1. The van der Waals surface area contributed by atoms with Crippen LogP contribution in [0.4, 0.5) is 0 Å². The van der Waals surface area contributed by atoms with Crippen molar-refractivity contribution in [2.45, 2.75) is 40.2 Å². The highest BCUT2D eigenvalue weighted by atomic mass is 16.2. The summed E-state index contributed by atoms with van der Waals surface area (Å²) in [4.78, 5) is 25.8. The van der Waals surface area contributed by atoms with Gasteiger partial charge in [-0.2, -0.15) is 0 Å². The first-order valence-corrected chi connectivity index (χ1v) is 6.90. The molecule has 1 aromatic heterocycles. The number of H-pyrrole nitrogens is 1. The van der Waals surface area contributed by atoms with Crippen LogP contribution < -0.4 is 5.32 Å². The number of hydrogen-bond donors (Lipinski definition) is 2. The fourth-order valence-electron chi connectivity index (χ4n) is 2.06. The Bertz CT molecular complexity index is 587. The summed E-state index contributed by atoms with van der Waals surface area (Å²) in [5, 5.41) is 3.77. The number of benzene rings is 1. The van der Waals surface area contributed by atoms with E-state index in [0.717, 1.165) is 16.5 Å². The van der Waals surface area contributed by atoms with Crippen molar-refractivity contribution in [2.75, 3.05) is 0 Å². The van der Waals surface area contributed by atoms with Crippen LogP contribution in [0.25, 0.3) is 10.9 Å². The smallest absolute Gasteiger partial charge is 0.217 e. The molecule has 1 heterocycles. The predicted octanol–water partition coefficient (Wildman–Crippen LogP) is 2.83. The summed E-state index contributed by atoms with van der Waals surface area (Å²) >= 11 is 0. The monoisotopic (exact) mass is 274 g/mol. The van der Waals surface area contributed by atoms with Crippen molar-refractivity contribution >= 4 is 22.6 Å². The van der Waals surface area contributed by atoms with Crippen LogP contribution in [0.15, 0.2) is 30.5 Å². The van der Waals surface area contributed by atoms with Gasteiger partial charge in [0.25, 0.3) is 0 Å². The van der Waals surface area contributed by atoms with Gasteiger partial charge in [0.05, 0.1) is 6.04 Å². The van der Waals surface area contributed by atoms with Gasteiger partial charge in [-0.25, -0.2) is 0 Å². The molecule has 1 amide bonds. The van der Waals surface area contributed by atoms with Crippen molar-refractivity contribution in [3.8, 4) is 0 Å². The van der Waals surface area contributed by atoms with Crippen LogP contribution in [0.1, 0.15) is 33.3 Å². The number of aromatic amines is 1. The highest BCUT2D eigenvalue weighted by Gasteiger charge is 2.17. The first kappa shape index (κ1) is 16.0. The van der Waals surface area contributed by atoms with E-state index in [9.17, 15) is 9.59 Å². The number of nitrogens with one attached hydrogen (secondary N) is 2. The third-order valence-electron chi connectivity index (χ3n) is 2.97. The average Bonchev–Trinajstić information content (AvgIpc) is 2.83. The summed E-state index contributed by atoms with van der Waals surface area (Å²) in [7, 11) is 0. The molecule has 1 aromatic carbocycles. The Kier molecular flexibility index (Phi) is 5.97. The number of hydrogen-bond acceptors (Lipinski definition) is 2. The maximum Gasteiger partial charge on any atom is 0.217 e. The Morgan fingerprint density at radius 1 is 1.20 bits per heavy atom. The topological polar surface area (TPSA) is 62.0 Å². The van der Waals surface area contributed by atoms with Crippen molar-refractivity contribution in [1.29, 1.82) is 0 Å². The zero-order chi connectivity index (χ0) is 15.1. The van der Waals surface area contributed by atoms with E-state index < -0.39 is 6.04 Å². The molecule has 0 saturated heterocycles. The number of carbonyl (C=O) groups excluding carboxylic acids is 2. The summed E-state index contributed by atoms with van der Waals surface area (Å²) in [5.74, 6) is -0.217. The van der Waals surface area contributed by atoms with Gasteiger partial charge in [0.2, 0.25) is 5.91 Å². The second kappa shape index (κ2) is 7.48. The molecule has 0 fully saturated rings. The third-order valence-corrected chi connectivity index (χ3v) is 2.97. The molecule has 0 radical (unpaired) electrons. The second-order valence-electron chi connectivity index (χ2n) is 4.43. The van der Waals surface area contributed by atoms with E-state index in [0.29, 0.717) is 6.42 Å². The Hall–Kier alpha value is -2.10. The molecule has 1 unspecified atom stereocenters. The average molecular weight is 274 g/mol. The lowest BCUT2D eigenvalue weighted by molar-refractivity contribution is -0.125. The number of aromatic nitrogens is 1. The minimum Gasteiger partial charge on any atom is -0.361 e. The lowest BCUT2D eigenvalue weighted by atomic mass is 10.0. The fourth-order valence-corrected chi connectivity index (χ4v) is 2.06. The van der Waals surface area contributed by atoms with Gasteiger partial charge in [-0.1, -0.05) is 32.0 Å². The summed E-state index contributed by atoms with van der Waals surface area (Å²) in [6, 6.07) is 7.45. The molecular weight excluding hydrogens is 252 g/mol. The quantitative estimate of drug-likeness (QED) is 0.900. The van der Waals surface area contributed by atoms with Crippen molar-refractivity contribution in [2.24, 2.45) is 0 Å². The molecule has 0 aliphatic rings. The molecule has 108 valence electrons. The minimum atomic E-state index is -0.457. The Morgan fingerprint density at radius 3 is 2.45 bits per heavy atom. The van der Waals surface area contributed by atoms with Crippen molar-refractivity contribution in [3.05, 3.63) is 36.0 Å². The van der Waals surface area contributed by atoms with Crippen LogP contribution in [-0.2, 0) is 16.0 Å². The molecule has 0 spiro atoms. The zero-order valence-corrected chi connectivity index (χ0v) is 12.5. The van der Waals surface area contributed by atoms with Gasteiger partial charge >= 0.3 is 0 Å². The van der Waals surface area contributed by atoms with E-state index in [1.54, 1.807) is 0 Å². The SMILES string of the molecule is CC.CC(=O)NC(Cc1c[nH]c2ccccc12)C(C)=O. The van der Waals surface area contributed by atoms with Gasteiger partial charge in [0.1, 0.15) is 0 Å². The first-order chi connectivity index (χ1) is 9.58. The van der Waals surface area contributed by atoms with Gasteiger partial charge < -0.3 is 10.3 Å². The lowest BCUT2D eigenvalue weighted by Gasteiger charge is -2.14. The molecule has 0 aliphatic heterocycles. The number of para-hydroxylation sites is 1. The predicted molar refractivity (Wildman–Crippen MR) is 81.6 cm³/mol. The van der Waals surface area contributed by atoms with Crippen LogP contribution in [0.2, 0.25) is 0 Å². The van der Waals surface area contributed by atoms with Crippen LogP contribution in [0.5, 0.6) is 0 Å². The highest BCUT2D eigenvalue weighted by Crippen LogP contribution is 2.19. The van der Waals surface area contributed by atoms with Crippen molar-refractivity contribution in [3.63, 3.8) is 0 Å². The van der Waals surface area contributed by atoms with Gasteiger partial charge in [-0.15, -0.1) is 0 Å². The van der Waals surface area contributed by atoms with Crippen LogP contribution in [-0.4, -0.2) is 22.7 Å². The molecule has 2 N–H and O–H groups in total. The fraction of sp³-hybridized carbons (Fsp3) is 0.375. The van der Waals surface area contributed by atoms with Crippen molar-refractivity contribution in [1.82, 2.24) is 10.3 Å². The van der Waals surface area contributed by atoms with Crippen LogP contribution in [0, 0.1) is 0 Å². The normalized spacial score (nSPS) is 11.4. The van der Waals surface area contributed by atoms with Crippen molar-refractivity contribution < 1.29 is 9.59 Å². The molecule has 0 saturated carbocycles. The van der Waals surface area contributed by atoms with E-state index in [1.807, 2.05) is 44.3 Å². The molecule has 0 bridgehead atoms. The van der Waals surface area contributed by atoms with E-state index in [-0.39, 0.29) is 11.7 Å². The maximum atomic E-state index is 11.5. The Morgan fingerprint density at radius 2 is 1.85 bits per heavy atom. The van der Waals surface area contributed by atoms with E-state index in [2.05, 4.69) is 10.3 Å². The number of rotatable bonds is 4. The second-order valence-corrected chi connectivity index (χ2v) is 4.43.